The lowest BCUT2D eigenvalue weighted by Crippen LogP contribution is -2.45. The van der Waals surface area contributed by atoms with Crippen LogP contribution in [0.4, 0.5) is 0 Å². The highest BCUT2D eigenvalue weighted by Crippen LogP contribution is 2.17. The van der Waals surface area contributed by atoms with Gasteiger partial charge in [-0.05, 0) is 19.3 Å². The van der Waals surface area contributed by atoms with Crippen LogP contribution >= 0.6 is 0 Å². The maximum Gasteiger partial charge on any atom is 0.305 e. The number of nitrogens with zero attached hydrogens (tertiary/aromatic N) is 2. The van der Waals surface area contributed by atoms with E-state index in [1.54, 1.807) is 4.90 Å². The Bertz CT molecular complexity index is 462. The van der Waals surface area contributed by atoms with Gasteiger partial charge in [0.2, 0.25) is 11.8 Å². The summed E-state index contributed by atoms with van der Waals surface area (Å²) in [4.78, 5) is 40.1. The minimum Gasteiger partial charge on any atom is -0.481 e. The van der Waals surface area contributed by atoms with E-state index in [4.69, 9.17) is 16.6 Å². The highest BCUT2D eigenvalue weighted by molar-refractivity contribution is 5.81. The normalized spacial score (nSPS) is 17.4. The molecule has 6 N–H and O–H groups in total. The first-order chi connectivity index (χ1) is 10.9. The lowest BCUT2D eigenvalue weighted by atomic mass is 9.96. The average Bonchev–Trinajstić information content (AvgIpc) is 2.50. The molecule has 2 amide bonds. The van der Waals surface area contributed by atoms with Gasteiger partial charge in [-0.25, -0.2) is 0 Å². The number of carbonyl (C=O) groups is 3. The Morgan fingerprint density at radius 1 is 1.26 bits per heavy atom. The number of aliphatic carboxylic acids is 1. The lowest BCUT2D eigenvalue weighted by molar-refractivity contribution is -0.137. The first kappa shape index (κ1) is 18.7. The van der Waals surface area contributed by atoms with Gasteiger partial charge in [0.15, 0.2) is 5.96 Å². The number of amides is 2. The van der Waals surface area contributed by atoms with Gasteiger partial charge in [-0.3, -0.25) is 19.4 Å². The third-order valence-corrected chi connectivity index (χ3v) is 3.63. The Kier molecular flexibility index (Phi) is 7.86. The van der Waals surface area contributed by atoms with Crippen molar-refractivity contribution in [3.8, 4) is 0 Å². The smallest absolute Gasteiger partial charge is 0.305 e. The predicted octanol–water partition coefficient (Wildman–Crippen LogP) is -1.13. The molecule has 0 radical (unpaired) electrons. The van der Waals surface area contributed by atoms with E-state index in [9.17, 15) is 14.4 Å². The molecule has 1 atom stereocenters. The van der Waals surface area contributed by atoms with E-state index >= 15 is 0 Å². The van der Waals surface area contributed by atoms with Crippen molar-refractivity contribution >= 4 is 23.7 Å². The maximum absolute atomic E-state index is 12.1. The van der Waals surface area contributed by atoms with Gasteiger partial charge < -0.3 is 26.8 Å². The van der Waals surface area contributed by atoms with Crippen LogP contribution in [0, 0.1) is 5.92 Å². The summed E-state index contributed by atoms with van der Waals surface area (Å²) >= 11 is 0. The third kappa shape index (κ3) is 7.48. The number of nitrogens with two attached hydrogens (primary N) is 2. The molecular formula is C14H25N5O4. The number of carboxylic acid groups (broad SMARTS) is 1. The van der Waals surface area contributed by atoms with Crippen molar-refractivity contribution in [2.75, 3.05) is 26.2 Å². The fourth-order valence-corrected chi connectivity index (χ4v) is 2.45. The van der Waals surface area contributed by atoms with E-state index in [1.807, 2.05) is 0 Å². The second-order valence-electron chi connectivity index (χ2n) is 5.52. The van der Waals surface area contributed by atoms with Gasteiger partial charge in [0.05, 0.1) is 12.3 Å². The largest absolute Gasteiger partial charge is 0.481 e. The van der Waals surface area contributed by atoms with Crippen LogP contribution < -0.4 is 16.8 Å². The fraction of sp³-hybridized carbons (Fsp3) is 0.714. The molecule has 0 saturated carbocycles. The molecule has 1 rings (SSSR count). The molecule has 0 aromatic heterocycles. The highest BCUT2D eigenvalue weighted by Gasteiger charge is 2.27. The molecule has 0 aliphatic carbocycles. The van der Waals surface area contributed by atoms with E-state index in [1.165, 1.54) is 0 Å². The summed E-state index contributed by atoms with van der Waals surface area (Å²) in [7, 11) is 0. The molecule has 0 bridgehead atoms. The SMILES string of the molecule is NC(N)=NCCCC(=O)N1CCCC(C(=O)NCCC(=O)O)C1. The third-order valence-electron chi connectivity index (χ3n) is 3.63. The van der Waals surface area contributed by atoms with Gasteiger partial charge in [-0.15, -0.1) is 0 Å². The molecule has 1 aliphatic heterocycles. The second-order valence-corrected chi connectivity index (χ2v) is 5.52. The average molecular weight is 327 g/mol. The van der Waals surface area contributed by atoms with Gasteiger partial charge >= 0.3 is 5.97 Å². The molecule has 1 saturated heterocycles. The number of rotatable bonds is 8. The molecule has 9 heteroatoms. The van der Waals surface area contributed by atoms with E-state index < -0.39 is 5.97 Å². The molecule has 1 unspecified atom stereocenters. The Morgan fingerprint density at radius 3 is 2.65 bits per heavy atom. The van der Waals surface area contributed by atoms with Crippen LogP contribution in [-0.2, 0) is 14.4 Å². The first-order valence-corrected chi connectivity index (χ1v) is 7.73. The summed E-state index contributed by atoms with van der Waals surface area (Å²) in [5.74, 6) is -1.43. The van der Waals surface area contributed by atoms with Crippen LogP contribution in [0.15, 0.2) is 4.99 Å². The zero-order valence-electron chi connectivity index (χ0n) is 13.2. The van der Waals surface area contributed by atoms with Crippen LogP contribution in [0.25, 0.3) is 0 Å². The van der Waals surface area contributed by atoms with Crippen LogP contribution in [0.5, 0.6) is 0 Å². The van der Waals surface area contributed by atoms with Crippen molar-refractivity contribution in [2.45, 2.75) is 32.1 Å². The quantitative estimate of drug-likeness (QED) is 0.251. The Labute approximate surface area is 135 Å². The first-order valence-electron chi connectivity index (χ1n) is 7.73. The number of nitrogens with one attached hydrogen (secondary N) is 1. The Morgan fingerprint density at radius 2 is 2.00 bits per heavy atom. The zero-order chi connectivity index (χ0) is 17.2. The topological polar surface area (TPSA) is 151 Å². The number of carbonyl (C=O) groups excluding carboxylic acids is 2. The maximum atomic E-state index is 12.1. The van der Waals surface area contributed by atoms with Crippen molar-refractivity contribution in [1.82, 2.24) is 10.2 Å². The van der Waals surface area contributed by atoms with Crippen LogP contribution in [0.1, 0.15) is 32.1 Å². The molecule has 1 heterocycles. The lowest BCUT2D eigenvalue weighted by Gasteiger charge is -2.32. The zero-order valence-corrected chi connectivity index (χ0v) is 13.2. The molecule has 9 nitrogen and oxygen atoms in total. The monoisotopic (exact) mass is 327 g/mol. The van der Waals surface area contributed by atoms with Gasteiger partial charge in [0.1, 0.15) is 0 Å². The van der Waals surface area contributed by atoms with Crippen LogP contribution in [-0.4, -0.2) is 59.9 Å². The van der Waals surface area contributed by atoms with Crippen molar-refractivity contribution in [2.24, 2.45) is 22.4 Å². The number of hydrogen-bond acceptors (Lipinski definition) is 4. The van der Waals surface area contributed by atoms with E-state index in [0.717, 1.165) is 6.42 Å². The predicted molar refractivity (Wildman–Crippen MR) is 84.5 cm³/mol. The van der Waals surface area contributed by atoms with E-state index in [2.05, 4.69) is 10.3 Å². The molecule has 130 valence electrons. The molecule has 1 fully saturated rings. The number of carboxylic acids is 1. The number of hydrogen-bond donors (Lipinski definition) is 4. The summed E-state index contributed by atoms with van der Waals surface area (Å²) in [5, 5.41) is 11.2. The number of piperidine rings is 1. The molecule has 23 heavy (non-hydrogen) atoms. The summed E-state index contributed by atoms with van der Waals surface area (Å²) < 4.78 is 0. The fourth-order valence-electron chi connectivity index (χ4n) is 2.45. The van der Waals surface area contributed by atoms with Crippen LogP contribution in [0.3, 0.4) is 0 Å². The van der Waals surface area contributed by atoms with Crippen molar-refractivity contribution in [3.05, 3.63) is 0 Å². The van der Waals surface area contributed by atoms with Crippen molar-refractivity contribution in [3.63, 3.8) is 0 Å². The standard InChI is InChI=1S/C14H25N5O4/c15-14(16)18-6-1-4-11(20)19-8-2-3-10(9-19)13(23)17-7-5-12(21)22/h10H,1-9H2,(H,17,23)(H,21,22)(H4,15,16,18). The van der Waals surface area contributed by atoms with Gasteiger partial charge in [-0.2, -0.15) is 0 Å². The molecule has 0 aromatic rings. The highest BCUT2D eigenvalue weighted by atomic mass is 16.4. The van der Waals surface area contributed by atoms with Crippen molar-refractivity contribution < 1.29 is 19.5 Å². The minimum absolute atomic E-state index is 0.00789. The summed E-state index contributed by atoms with van der Waals surface area (Å²) in [6.07, 6.45) is 2.26. The van der Waals surface area contributed by atoms with Gasteiger partial charge in [0, 0.05) is 32.6 Å². The van der Waals surface area contributed by atoms with E-state index in [-0.39, 0.29) is 36.7 Å². The van der Waals surface area contributed by atoms with Gasteiger partial charge in [0.25, 0.3) is 0 Å². The molecule has 0 spiro atoms. The number of aliphatic imine (C=N–C) groups is 1. The molecule has 0 aromatic carbocycles. The summed E-state index contributed by atoms with van der Waals surface area (Å²) in [6.45, 7) is 1.53. The summed E-state index contributed by atoms with van der Waals surface area (Å²) in [5.41, 5.74) is 10.4. The Hall–Kier alpha value is -2.32. The molecule has 1 aliphatic rings. The van der Waals surface area contributed by atoms with E-state index in [0.29, 0.717) is 38.9 Å². The Balaban J connectivity index is 2.35. The summed E-state index contributed by atoms with van der Waals surface area (Å²) in [6, 6.07) is 0. The van der Waals surface area contributed by atoms with Crippen molar-refractivity contribution in [1.29, 1.82) is 0 Å². The van der Waals surface area contributed by atoms with Crippen LogP contribution in [0.2, 0.25) is 0 Å². The number of likely N-dealkylation sites (tertiary alicyclic amines) is 1. The number of guanidine groups is 1. The van der Waals surface area contributed by atoms with Gasteiger partial charge in [-0.1, -0.05) is 0 Å². The second kappa shape index (κ2) is 9.65. The minimum atomic E-state index is -0.952. The molecular weight excluding hydrogens is 302 g/mol.